The lowest BCUT2D eigenvalue weighted by Crippen LogP contribution is -2.51. The van der Waals surface area contributed by atoms with Crippen LogP contribution in [-0.4, -0.2) is 80.4 Å². The molecule has 0 aliphatic carbocycles. The average Bonchev–Trinajstić information content (AvgIpc) is 3.12. The van der Waals surface area contributed by atoms with Gasteiger partial charge in [-0.25, -0.2) is 4.79 Å². The summed E-state index contributed by atoms with van der Waals surface area (Å²) in [6.45, 7) is 7.04. The number of fused-ring (bicyclic) bond motifs is 2. The summed E-state index contributed by atoms with van der Waals surface area (Å²) >= 11 is 0. The quantitative estimate of drug-likeness (QED) is 0.647. The maximum atomic E-state index is 12.3. The fourth-order valence-corrected chi connectivity index (χ4v) is 5.19. The van der Waals surface area contributed by atoms with E-state index in [1.54, 1.807) is 4.90 Å². The first-order valence-corrected chi connectivity index (χ1v) is 12.2. The molecule has 34 heavy (non-hydrogen) atoms. The molecule has 2 atom stereocenters. The van der Waals surface area contributed by atoms with E-state index in [0.717, 1.165) is 44.0 Å². The van der Waals surface area contributed by atoms with Crippen molar-refractivity contribution in [3.8, 4) is 5.75 Å². The Balaban J connectivity index is 0.00000274. The van der Waals surface area contributed by atoms with Gasteiger partial charge >= 0.3 is 6.09 Å². The molecule has 3 aliphatic heterocycles. The lowest BCUT2D eigenvalue weighted by Gasteiger charge is -2.37. The van der Waals surface area contributed by atoms with E-state index in [1.807, 2.05) is 36.4 Å². The topological polar surface area (TPSA) is 57.3 Å². The lowest BCUT2D eigenvalue weighted by molar-refractivity contribution is 0.0684. The van der Waals surface area contributed by atoms with Crippen LogP contribution in [0.5, 0.6) is 5.75 Å². The zero-order valence-electron chi connectivity index (χ0n) is 19.6. The minimum absolute atomic E-state index is 0. The lowest BCUT2D eigenvalue weighted by atomic mass is 10.1. The largest absolute Gasteiger partial charge is 0.492 e. The van der Waals surface area contributed by atoms with Crippen LogP contribution < -0.4 is 15.0 Å². The van der Waals surface area contributed by atoms with Crippen molar-refractivity contribution in [3.63, 3.8) is 0 Å². The molecule has 3 saturated heterocycles. The fourth-order valence-electron chi connectivity index (χ4n) is 5.19. The Hall–Kier alpha value is -2.48. The van der Waals surface area contributed by atoms with Crippen LogP contribution in [0.4, 0.5) is 10.5 Å². The van der Waals surface area contributed by atoms with Crippen molar-refractivity contribution < 1.29 is 14.3 Å². The molecule has 0 radical (unpaired) electrons. The highest BCUT2D eigenvalue weighted by atomic mass is 35.5. The van der Waals surface area contributed by atoms with Crippen LogP contribution >= 0.6 is 12.4 Å². The first kappa shape index (κ1) is 24.6. The number of ether oxygens (including phenoxy) is 2. The SMILES string of the molecule is Cl.O=C(OCc1ccccc1)N1CCN(CCOc2cccc(N3C4CCC3CNC4)c2)CC1. The van der Waals surface area contributed by atoms with Gasteiger partial charge in [-0.05, 0) is 30.5 Å². The molecule has 5 rings (SSSR count). The Kier molecular flexibility index (Phi) is 8.53. The Morgan fingerprint density at radius 2 is 1.68 bits per heavy atom. The van der Waals surface area contributed by atoms with Crippen LogP contribution in [0.1, 0.15) is 18.4 Å². The van der Waals surface area contributed by atoms with Gasteiger partial charge in [0.2, 0.25) is 0 Å². The third kappa shape index (κ3) is 5.95. The van der Waals surface area contributed by atoms with Crippen molar-refractivity contribution in [2.75, 3.05) is 57.3 Å². The Morgan fingerprint density at radius 1 is 0.941 bits per heavy atom. The molecular weight excluding hydrogens is 452 g/mol. The first-order chi connectivity index (χ1) is 16.3. The molecule has 1 N–H and O–H groups in total. The Morgan fingerprint density at radius 3 is 2.41 bits per heavy atom. The summed E-state index contributed by atoms with van der Waals surface area (Å²) in [5.41, 5.74) is 2.29. The molecule has 8 heteroatoms. The summed E-state index contributed by atoms with van der Waals surface area (Å²) in [4.78, 5) is 19.1. The van der Waals surface area contributed by atoms with Gasteiger partial charge in [-0.2, -0.15) is 0 Å². The van der Waals surface area contributed by atoms with Crippen molar-refractivity contribution in [2.45, 2.75) is 31.5 Å². The van der Waals surface area contributed by atoms with E-state index < -0.39 is 0 Å². The number of hydrogen-bond acceptors (Lipinski definition) is 6. The number of nitrogens with zero attached hydrogens (tertiary/aromatic N) is 3. The molecule has 0 saturated carbocycles. The standard InChI is InChI=1S/C26H34N4O3.ClH/c31-26(33-20-21-5-2-1-3-6-21)29-13-11-28(12-14-29)15-16-32-25-8-4-7-22(17-25)30-23-9-10-24(30)19-27-18-23;/h1-8,17,23-24,27H,9-16,18-20H2;1H. The van der Waals surface area contributed by atoms with Crippen molar-refractivity contribution in [1.29, 1.82) is 0 Å². The molecule has 3 fully saturated rings. The number of rotatable bonds is 7. The van der Waals surface area contributed by atoms with E-state index >= 15 is 0 Å². The number of carbonyl (C=O) groups is 1. The van der Waals surface area contributed by atoms with Crippen LogP contribution in [0.15, 0.2) is 54.6 Å². The summed E-state index contributed by atoms with van der Waals surface area (Å²) in [5, 5.41) is 3.55. The third-order valence-corrected chi connectivity index (χ3v) is 7.01. The predicted molar refractivity (Wildman–Crippen MR) is 136 cm³/mol. The second kappa shape index (κ2) is 11.8. The Bertz CT molecular complexity index is 907. The summed E-state index contributed by atoms with van der Waals surface area (Å²) in [5.74, 6) is 0.938. The van der Waals surface area contributed by atoms with Crippen molar-refractivity contribution >= 4 is 24.2 Å². The number of halogens is 1. The van der Waals surface area contributed by atoms with Crippen LogP contribution in [0.25, 0.3) is 0 Å². The second-order valence-corrected chi connectivity index (χ2v) is 9.17. The van der Waals surface area contributed by atoms with Crippen LogP contribution in [0, 0.1) is 0 Å². The number of piperazine rings is 2. The summed E-state index contributed by atoms with van der Waals surface area (Å²) in [6, 6.07) is 19.6. The fraction of sp³-hybridized carbons (Fsp3) is 0.500. The van der Waals surface area contributed by atoms with Gasteiger partial charge < -0.3 is 24.6 Å². The van der Waals surface area contributed by atoms with E-state index in [4.69, 9.17) is 9.47 Å². The summed E-state index contributed by atoms with van der Waals surface area (Å²) in [6.07, 6.45) is 2.32. The summed E-state index contributed by atoms with van der Waals surface area (Å²) < 4.78 is 11.6. The third-order valence-electron chi connectivity index (χ3n) is 7.01. The molecule has 2 aromatic carbocycles. The zero-order chi connectivity index (χ0) is 22.5. The molecule has 184 valence electrons. The van der Waals surface area contributed by atoms with Crippen LogP contribution in [-0.2, 0) is 11.3 Å². The normalized spacial score (nSPS) is 22.2. The Labute approximate surface area is 208 Å². The highest BCUT2D eigenvalue weighted by molar-refractivity contribution is 5.85. The molecule has 0 aromatic heterocycles. The molecule has 2 aromatic rings. The minimum atomic E-state index is -0.228. The van der Waals surface area contributed by atoms with Gasteiger partial charge in [0.1, 0.15) is 19.0 Å². The molecule has 1 amide bonds. The number of amides is 1. The molecule has 3 aliphatic rings. The minimum Gasteiger partial charge on any atom is -0.492 e. The van der Waals surface area contributed by atoms with E-state index in [0.29, 0.717) is 38.4 Å². The molecule has 2 bridgehead atoms. The highest BCUT2D eigenvalue weighted by Crippen LogP contribution is 2.33. The van der Waals surface area contributed by atoms with Gasteiger partial charge in [0, 0.05) is 69.7 Å². The molecule has 7 nitrogen and oxygen atoms in total. The van der Waals surface area contributed by atoms with E-state index in [1.165, 1.54) is 18.5 Å². The number of benzene rings is 2. The van der Waals surface area contributed by atoms with Crippen LogP contribution in [0.3, 0.4) is 0 Å². The average molecular weight is 487 g/mol. The van der Waals surface area contributed by atoms with Gasteiger partial charge in [0.05, 0.1) is 0 Å². The zero-order valence-corrected chi connectivity index (χ0v) is 20.4. The van der Waals surface area contributed by atoms with Gasteiger partial charge in [0.25, 0.3) is 0 Å². The number of carbonyl (C=O) groups excluding carboxylic acids is 1. The van der Waals surface area contributed by atoms with E-state index in [9.17, 15) is 4.79 Å². The predicted octanol–water partition coefficient (Wildman–Crippen LogP) is 3.38. The van der Waals surface area contributed by atoms with Gasteiger partial charge in [-0.15, -0.1) is 12.4 Å². The van der Waals surface area contributed by atoms with Gasteiger partial charge in [-0.3, -0.25) is 4.90 Å². The first-order valence-electron chi connectivity index (χ1n) is 12.2. The van der Waals surface area contributed by atoms with Crippen LogP contribution in [0.2, 0.25) is 0 Å². The summed E-state index contributed by atoms with van der Waals surface area (Å²) in [7, 11) is 0. The van der Waals surface area contributed by atoms with E-state index in [-0.39, 0.29) is 18.5 Å². The van der Waals surface area contributed by atoms with Crippen molar-refractivity contribution in [2.24, 2.45) is 0 Å². The number of anilines is 1. The monoisotopic (exact) mass is 486 g/mol. The second-order valence-electron chi connectivity index (χ2n) is 9.17. The molecule has 2 unspecified atom stereocenters. The van der Waals surface area contributed by atoms with Crippen molar-refractivity contribution in [3.05, 3.63) is 60.2 Å². The maximum absolute atomic E-state index is 12.3. The highest BCUT2D eigenvalue weighted by Gasteiger charge is 2.36. The number of nitrogens with one attached hydrogen (secondary N) is 1. The molecule has 3 heterocycles. The van der Waals surface area contributed by atoms with Gasteiger partial charge in [0.15, 0.2) is 0 Å². The number of hydrogen-bond donors (Lipinski definition) is 1. The van der Waals surface area contributed by atoms with Crippen molar-refractivity contribution in [1.82, 2.24) is 15.1 Å². The molecule has 0 spiro atoms. The molecular formula is C26H35ClN4O3. The smallest absolute Gasteiger partial charge is 0.410 e. The van der Waals surface area contributed by atoms with E-state index in [2.05, 4.69) is 33.3 Å². The van der Waals surface area contributed by atoms with Gasteiger partial charge in [-0.1, -0.05) is 36.4 Å². The maximum Gasteiger partial charge on any atom is 0.410 e.